The van der Waals surface area contributed by atoms with Crippen LogP contribution in [-0.4, -0.2) is 56.3 Å². The van der Waals surface area contributed by atoms with E-state index in [1.165, 1.54) is 12.1 Å². The predicted molar refractivity (Wildman–Crippen MR) is 110 cm³/mol. The van der Waals surface area contributed by atoms with Crippen LogP contribution >= 0.6 is 11.6 Å². The van der Waals surface area contributed by atoms with Gasteiger partial charge in [-0.25, -0.2) is 18.7 Å². The molecule has 1 aliphatic heterocycles. The summed E-state index contributed by atoms with van der Waals surface area (Å²) in [7, 11) is 0. The summed E-state index contributed by atoms with van der Waals surface area (Å²) in [6.07, 6.45) is -2.31. The summed E-state index contributed by atoms with van der Waals surface area (Å²) in [5, 5.41) is 50.4. The van der Waals surface area contributed by atoms with Crippen LogP contribution in [0.4, 0.5) is 14.6 Å². The normalized spacial score (nSPS) is 13.8. The first-order valence-corrected chi connectivity index (χ1v) is 10.0. The van der Waals surface area contributed by atoms with Gasteiger partial charge in [-0.15, -0.1) is 0 Å². The lowest BCUT2D eigenvalue weighted by Crippen LogP contribution is -2.34. The molecule has 0 bridgehead atoms. The topological polar surface area (TPSA) is 159 Å². The average molecular weight is 481 g/mol. The molecule has 0 saturated carbocycles. The summed E-state index contributed by atoms with van der Waals surface area (Å²) in [5.41, 5.74) is 1.19. The lowest BCUT2D eigenvalue weighted by molar-refractivity contribution is -0.326. The number of nitrogens with zero attached hydrogens (tertiary/aromatic N) is 5. The number of nitriles is 2. The highest BCUT2D eigenvalue weighted by molar-refractivity contribution is 6.30. The molecule has 0 unspecified atom stereocenters. The van der Waals surface area contributed by atoms with Crippen LogP contribution in [0.5, 0.6) is 5.88 Å². The number of alkyl halides is 2. The Morgan fingerprint density at radius 3 is 2.64 bits per heavy atom. The largest absolute Gasteiger partial charge is 0.472 e. The summed E-state index contributed by atoms with van der Waals surface area (Å²) in [4.78, 5) is 9.79. The Kier molecular flexibility index (Phi) is 7.58. The van der Waals surface area contributed by atoms with Gasteiger partial charge in [-0.2, -0.15) is 10.5 Å². The van der Waals surface area contributed by atoms with Crippen molar-refractivity contribution in [2.45, 2.75) is 31.9 Å². The molecule has 1 aliphatic rings. The van der Waals surface area contributed by atoms with Crippen molar-refractivity contribution >= 4 is 17.4 Å². The summed E-state index contributed by atoms with van der Waals surface area (Å²) in [6, 6.07) is 6.64. The first kappa shape index (κ1) is 24.5. The molecule has 4 N–H and O–H groups in total. The van der Waals surface area contributed by atoms with Gasteiger partial charge in [-0.05, 0) is 17.5 Å². The molecule has 174 valence electrons. The SMILES string of the molecule is N#CCNc1nc(Cl)c(C#N)c2c1CCN(Cc1ccc(OCC(F)F)nc1C(O)(O)O)C2. The lowest BCUT2D eigenvalue weighted by Gasteiger charge is -2.31. The van der Waals surface area contributed by atoms with Crippen molar-refractivity contribution in [1.29, 1.82) is 10.5 Å². The minimum atomic E-state index is -3.33. The highest BCUT2D eigenvalue weighted by Crippen LogP contribution is 2.33. The molecule has 3 rings (SSSR count). The molecular weight excluding hydrogens is 462 g/mol. The fourth-order valence-corrected chi connectivity index (χ4v) is 3.77. The number of rotatable bonds is 8. The number of aliphatic hydroxyl groups is 3. The maximum atomic E-state index is 12.4. The quantitative estimate of drug-likeness (QED) is 0.246. The number of ether oxygens (including phenoxy) is 1. The third kappa shape index (κ3) is 5.82. The number of anilines is 1. The van der Waals surface area contributed by atoms with Gasteiger partial charge >= 0.3 is 5.97 Å². The van der Waals surface area contributed by atoms with Crippen LogP contribution in [0.25, 0.3) is 0 Å². The van der Waals surface area contributed by atoms with E-state index in [9.17, 15) is 29.4 Å². The van der Waals surface area contributed by atoms with Crippen molar-refractivity contribution in [3.05, 3.63) is 45.2 Å². The van der Waals surface area contributed by atoms with Crippen molar-refractivity contribution < 1.29 is 28.8 Å². The zero-order valence-corrected chi connectivity index (χ0v) is 17.9. The number of aromatic nitrogens is 2. The van der Waals surface area contributed by atoms with E-state index in [1.807, 2.05) is 17.0 Å². The van der Waals surface area contributed by atoms with Crippen LogP contribution in [0.1, 0.15) is 27.9 Å². The van der Waals surface area contributed by atoms with Gasteiger partial charge in [0.15, 0.2) is 6.61 Å². The molecule has 13 heteroatoms. The monoisotopic (exact) mass is 480 g/mol. The molecule has 2 aromatic rings. The third-order valence-corrected chi connectivity index (χ3v) is 5.17. The average Bonchev–Trinajstić information content (AvgIpc) is 2.76. The molecule has 0 amide bonds. The third-order valence-electron chi connectivity index (χ3n) is 4.90. The van der Waals surface area contributed by atoms with E-state index in [-0.39, 0.29) is 41.8 Å². The van der Waals surface area contributed by atoms with Crippen molar-refractivity contribution in [3.8, 4) is 18.0 Å². The smallest absolute Gasteiger partial charge is 0.322 e. The van der Waals surface area contributed by atoms with Gasteiger partial charge in [0.2, 0.25) is 5.88 Å². The van der Waals surface area contributed by atoms with Gasteiger partial charge in [-0.3, -0.25) is 4.90 Å². The van der Waals surface area contributed by atoms with E-state index in [1.54, 1.807) is 0 Å². The van der Waals surface area contributed by atoms with Gasteiger partial charge in [0.1, 0.15) is 29.3 Å². The molecule has 2 aromatic heterocycles. The fraction of sp³-hybridized carbons (Fsp3) is 0.400. The molecule has 0 spiro atoms. The number of hydrogen-bond acceptors (Lipinski definition) is 10. The summed E-state index contributed by atoms with van der Waals surface area (Å²) < 4.78 is 29.6. The molecule has 3 heterocycles. The van der Waals surface area contributed by atoms with Gasteiger partial charge in [-0.1, -0.05) is 17.7 Å². The van der Waals surface area contributed by atoms with E-state index in [2.05, 4.69) is 15.3 Å². The second kappa shape index (κ2) is 10.2. The Morgan fingerprint density at radius 1 is 1.24 bits per heavy atom. The van der Waals surface area contributed by atoms with E-state index >= 15 is 0 Å². The van der Waals surface area contributed by atoms with Gasteiger partial charge < -0.3 is 25.4 Å². The summed E-state index contributed by atoms with van der Waals surface area (Å²) >= 11 is 6.16. The standard InChI is InChI=1S/C20H19ClF2N6O4/c21-18-13(7-25)14-9-29(6-3-12(14)19(28-18)26-5-4-24)8-11-1-2-16(33-10-15(22)23)27-17(11)20(30,31)32/h1-2,15,30-32H,3,5-6,8-10H2,(H,26,28). The van der Waals surface area contributed by atoms with Crippen LogP contribution in [0.15, 0.2) is 12.1 Å². The molecular formula is C20H19ClF2N6O4. The van der Waals surface area contributed by atoms with E-state index in [0.29, 0.717) is 24.3 Å². The lowest BCUT2D eigenvalue weighted by atomic mass is 9.96. The number of hydrogen-bond donors (Lipinski definition) is 4. The van der Waals surface area contributed by atoms with Gasteiger partial charge in [0, 0.05) is 31.3 Å². The predicted octanol–water partition coefficient (Wildman–Crippen LogP) is 1.23. The van der Waals surface area contributed by atoms with Crippen LogP contribution in [0.3, 0.4) is 0 Å². The Labute approximate surface area is 192 Å². The summed E-state index contributed by atoms with van der Waals surface area (Å²) in [6.45, 7) is -0.170. The number of nitrogens with one attached hydrogen (secondary N) is 1. The van der Waals surface area contributed by atoms with Crippen molar-refractivity contribution in [2.75, 3.05) is 25.0 Å². The number of fused-ring (bicyclic) bond motifs is 1. The minimum absolute atomic E-state index is 0.00593. The molecule has 0 aliphatic carbocycles. The first-order valence-electron chi connectivity index (χ1n) is 9.67. The highest BCUT2D eigenvalue weighted by atomic mass is 35.5. The van der Waals surface area contributed by atoms with E-state index < -0.39 is 24.7 Å². The molecule has 0 atom stereocenters. The maximum Gasteiger partial charge on any atom is 0.322 e. The Hall–Kier alpha value is -3.13. The zero-order chi connectivity index (χ0) is 24.2. The van der Waals surface area contributed by atoms with Crippen LogP contribution in [0, 0.1) is 22.7 Å². The molecule has 10 nitrogen and oxygen atoms in total. The van der Waals surface area contributed by atoms with Crippen LogP contribution in [0.2, 0.25) is 5.15 Å². The maximum absolute atomic E-state index is 12.4. The van der Waals surface area contributed by atoms with Crippen LogP contribution in [-0.2, 0) is 25.5 Å². The minimum Gasteiger partial charge on any atom is -0.472 e. The van der Waals surface area contributed by atoms with Crippen molar-refractivity contribution in [1.82, 2.24) is 14.9 Å². The molecule has 0 fully saturated rings. The van der Waals surface area contributed by atoms with Crippen molar-refractivity contribution in [3.63, 3.8) is 0 Å². The molecule has 0 radical (unpaired) electrons. The molecule has 33 heavy (non-hydrogen) atoms. The Bertz CT molecular complexity index is 1110. The van der Waals surface area contributed by atoms with Gasteiger partial charge in [0.05, 0.1) is 11.6 Å². The number of pyridine rings is 2. The zero-order valence-electron chi connectivity index (χ0n) is 17.1. The van der Waals surface area contributed by atoms with Crippen molar-refractivity contribution in [2.24, 2.45) is 0 Å². The summed E-state index contributed by atoms with van der Waals surface area (Å²) in [5.74, 6) is -3.22. The Morgan fingerprint density at radius 2 is 2.00 bits per heavy atom. The van der Waals surface area contributed by atoms with Gasteiger partial charge in [0.25, 0.3) is 6.43 Å². The molecule has 0 aromatic carbocycles. The first-order chi connectivity index (χ1) is 15.6. The van der Waals surface area contributed by atoms with Crippen LogP contribution < -0.4 is 10.1 Å². The second-order valence-electron chi connectivity index (χ2n) is 7.16. The Balaban J connectivity index is 1.89. The second-order valence-corrected chi connectivity index (χ2v) is 7.52. The van der Waals surface area contributed by atoms with E-state index in [0.717, 1.165) is 5.56 Å². The molecule has 0 saturated heterocycles. The highest BCUT2D eigenvalue weighted by Gasteiger charge is 2.31. The number of halogens is 3. The fourth-order valence-electron chi connectivity index (χ4n) is 3.53. The van der Waals surface area contributed by atoms with E-state index in [4.69, 9.17) is 21.6 Å².